The molecular weight excluding hydrogens is 260 g/mol. The molecule has 0 atom stereocenters. The summed E-state index contributed by atoms with van der Waals surface area (Å²) in [6.45, 7) is 8.15. The first-order valence-corrected chi connectivity index (χ1v) is 6.37. The highest BCUT2D eigenvalue weighted by molar-refractivity contribution is 5.99. The van der Waals surface area contributed by atoms with Crippen molar-refractivity contribution >= 4 is 11.6 Å². The normalized spacial score (nSPS) is 19.4. The first-order valence-electron chi connectivity index (χ1n) is 6.37. The number of rotatable bonds is 3. The number of carbonyl (C=O) groups excluding carboxylic acids is 1. The van der Waals surface area contributed by atoms with Gasteiger partial charge in [0.1, 0.15) is 11.3 Å². The Morgan fingerprint density at radius 3 is 2.30 bits per heavy atom. The van der Waals surface area contributed by atoms with Gasteiger partial charge in [-0.15, -0.1) is 0 Å². The van der Waals surface area contributed by atoms with E-state index in [9.17, 15) is 20.0 Å². The molecule has 1 aromatic rings. The molecule has 0 radical (unpaired) electrons. The lowest BCUT2D eigenvalue weighted by atomic mass is 10.0. The van der Waals surface area contributed by atoms with E-state index in [0.717, 1.165) is 12.1 Å². The van der Waals surface area contributed by atoms with Gasteiger partial charge in [0.15, 0.2) is 0 Å². The van der Waals surface area contributed by atoms with Crippen LogP contribution in [-0.4, -0.2) is 22.0 Å². The van der Waals surface area contributed by atoms with E-state index in [1.807, 2.05) is 27.7 Å². The maximum Gasteiger partial charge on any atom is 0.282 e. The Morgan fingerprint density at radius 2 is 1.85 bits per heavy atom. The van der Waals surface area contributed by atoms with Crippen molar-refractivity contribution in [3.63, 3.8) is 0 Å². The van der Waals surface area contributed by atoms with Crippen molar-refractivity contribution < 1.29 is 14.8 Å². The second kappa shape index (κ2) is 4.19. The van der Waals surface area contributed by atoms with Gasteiger partial charge in [-0.05, 0) is 23.0 Å². The van der Waals surface area contributed by atoms with Crippen LogP contribution in [0.25, 0.3) is 0 Å². The van der Waals surface area contributed by atoms with Gasteiger partial charge in [0, 0.05) is 12.1 Å². The van der Waals surface area contributed by atoms with E-state index in [1.165, 1.54) is 6.07 Å². The highest BCUT2D eigenvalue weighted by Gasteiger charge is 2.65. The molecule has 6 heteroatoms. The molecule has 20 heavy (non-hydrogen) atoms. The lowest BCUT2D eigenvalue weighted by molar-refractivity contribution is -0.385. The number of nitro groups is 1. The number of benzene rings is 1. The molecule has 0 unspecified atom stereocenters. The number of phenols is 1. The molecule has 0 bridgehead atoms. The average Bonchev–Trinajstić information content (AvgIpc) is 2.71. The van der Waals surface area contributed by atoms with Crippen molar-refractivity contribution in [2.24, 2.45) is 10.8 Å². The second-order valence-electron chi connectivity index (χ2n) is 6.31. The molecule has 1 amide bonds. The molecule has 1 aliphatic carbocycles. The molecule has 1 aliphatic rings. The van der Waals surface area contributed by atoms with Gasteiger partial charge in [-0.1, -0.05) is 27.7 Å². The lowest BCUT2D eigenvalue weighted by Crippen LogP contribution is -2.30. The number of amides is 1. The molecule has 2 rings (SSSR count). The summed E-state index contributed by atoms with van der Waals surface area (Å²) in [6.07, 6.45) is 0. The molecule has 0 aliphatic heterocycles. The topological polar surface area (TPSA) is 92.5 Å². The van der Waals surface area contributed by atoms with Crippen molar-refractivity contribution in [3.8, 4) is 5.75 Å². The fourth-order valence-electron chi connectivity index (χ4n) is 2.63. The second-order valence-corrected chi connectivity index (χ2v) is 6.31. The zero-order chi connectivity index (χ0) is 15.3. The van der Waals surface area contributed by atoms with Gasteiger partial charge in [0.25, 0.3) is 11.6 Å². The van der Waals surface area contributed by atoms with E-state index in [1.54, 1.807) is 0 Å². The van der Waals surface area contributed by atoms with Crippen molar-refractivity contribution in [1.82, 2.24) is 5.32 Å². The number of phenolic OH excluding ortho intramolecular Hbond substituents is 1. The molecule has 6 nitrogen and oxygen atoms in total. The minimum absolute atomic E-state index is 0.0514. The number of nitrogens with zero attached hydrogens (tertiary/aromatic N) is 1. The van der Waals surface area contributed by atoms with Gasteiger partial charge in [0.05, 0.1) is 4.92 Å². The molecule has 108 valence electrons. The van der Waals surface area contributed by atoms with Gasteiger partial charge >= 0.3 is 0 Å². The number of carbonyl (C=O) groups is 1. The van der Waals surface area contributed by atoms with Crippen molar-refractivity contribution in [2.45, 2.75) is 33.7 Å². The summed E-state index contributed by atoms with van der Waals surface area (Å²) in [5, 5.41) is 23.2. The third kappa shape index (κ3) is 2.01. The summed E-state index contributed by atoms with van der Waals surface area (Å²) in [5.74, 6) is -0.702. The fraction of sp³-hybridized carbons (Fsp3) is 0.500. The molecule has 1 saturated carbocycles. The zero-order valence-electron chi connectivity index (χ0n) is 11.9. The van der Waals surface area contributed by atoms with Crippen molar-refractivity contribution in [3.05, 3.63) is 33.9 Å². The van der Waals surface area contributed by atoms with E-state index in [2.05, 4.69) is 5.32 Å². The van der Waals surface area contributed by atoms with Crippen LogP contribution in [0.1, 0.15) is 38.1 Å². The predicted molar refractivity (Wildman–Crippen MR) is 73.6 cm³/mol. The molecule has 0 aromatic heterocycles. The van der Waals surface area contributed by atoms with E-state index >= 15 is 0 Å². The Kier molecular flexibility index (Phi) is 3.00. The summed E-state index contributed by atoms with van der Waals surface area (Å²) < 4.78 is 0. The molecular formula is C14H18N2O4. The van der Waals surface area contributed by atoms with Crippen molar-refractivity contribution in [1.29, 1.82) is 0 Å². The van der Waals surface area contributed by atoms with E-state index < -0.39 is 10.8 Å². The summed E-state index contributed by atoms with van der Waals surface area (Å²) in [5.41, 5.74) is -0.548. The highest BCUT2D eigenvalue weighted by atomic mass is 16.6. The number of nitro benzene ring substituents is 1. The minimum atomic E-state index is -0.627. The maximum atomic E-state index is 12.2. The Hall–Kier alpha value is -2.11. The molecule has 0 heterocycles. The maximum absolute atomic E-state index is 12.2. The van der Waals surface area contributed by atoms with Gasteiger partial charge in [-0.25, -0.2) is 0 Å². The van der Waals surface area contributed by atoms with Crippen LogP contribution in [0.3, 0.4) is 0 Å². The number of aromatic hydroxyl groups is 1. The van der Waals surface area contributed by atoms with E-state index in [-0.39, 0.29) is 33.9 Å². The molecule has 1 fully saturated rings. The minimum Gasteiger partial charge on any atom is -0.508 e. The van der Waals surface area contributed by atoms with Gasteiger partial charge in [-0.2, -0.15) is 0 Å². The van der Waals surface area contributed by atoms with Crippen LogP contribution in [0.4, 0.5) is 5.69 Å². The third-order valence-electron chi connectivity index (χ3n) is 4.72. The third-order valence-corrected chi connectivity index (χ3v) is 4.72. The number of hydrogen-bond donors (Lipinski definition) is 2. The smallest absolute Gasteiger partial charge is 0.282 e. The Bertz CT molecular complexity index is 579. The SMILES string of the molecule is CC1(C)C(NC(=O)c2cc(O)ccc2[N+](=O)[O-])C1(C)C. The van der Waals surface area contributed by atoms with Gasteiger partial charge in [-0.3, -0.25) is 14.9 Å². The van der Waals surface area contributed by atoms with Crippen molar-refractivity contribution in [2.75, 3.05) is 0 Å². The largest absolute Gasteiger partial charge is 0.508 e. The first-order chi connectivity index (χ1) is 9.09. The molecule has 1 aromatic carbocycles. The van der Waals surface area contributed by atoms with Crippen LogP contribution < -0.4 is 5.32 Å². The van der Waals surface area contributed by atoms with Crippen LogP contribution in [0, 0.1) is 20.9 Å². The predicted octanol–water partition coefficient (Wildman–Crippen LogP) is 2.46. The zero-order valence-corrected chi connectivity index (χ0v) is 11.9. The van der Waals surface area contributed by atoms with Crippen LogP contribution in [0.2, 0.25) is 0 Å². The lowest BCUT2D eigenvalue weighted by Gasteiger charge is -2.07. The first kappa shape index (κ1) is 14.3. The molecule has 0 saturated heterocycles. The fourth-order valence-corrected chi connectivity index (χ4v) is 2.63. The summed E-state index contributed by atoms with van der Waals surface area (Å²) in [6, 6.07) is 3.40. The van der Waals surface area contributed by atoms with Gasteiger partial charge < -0.3 is 10.4 Å². The van der Waals surface area contributed by atoms with Crippen LogP contribution in [0.15, 0.2) is 18.2 Å². The van der Waals surface area contributed by atoms with Gasteiger partial charge in [0.2, 0.25) is 0 Å². The average molecular weight is 278 g/mol. The van der Waals surface area contributed by atoms with E-state index in [0.29, 0.717) is 0 Å². The standard InChI is InChI=1S/C14H18N2O4/c1-13(2)12(14(13,3)4)15-11(18)9-7-8(17)5-6-10(9)16(19)20/h5-7,12,17H,1-4H3,(H,15,18). The van der Waals surface area contributed by atoms with Crippen LogP contribution in [-0.2, 0) is 0 Å². The molecule has 2 N–H and O–H groups in total. The Labute approximate surface area is 117 Å². The molecule has 0 spiro atoms. The van der Waals surface area contributed by atoms with Crippen LogP contribution in [0.5, 0.6) is 5.75 Å². The Balaban J connectivity index is 2.27. The monoisotopic (exact) mass is 278 g/mol. The highest BCUT2D eigenvalue weighted by Crippen LogP contribution is 2.62. The summed E-state index contributed by atoms with van der Waals surface area (Å²) in [7, 11) is 0. The van der Waals surface area contributed by atoms with E-state index in [4.69, 9.17) is 0 Å². The van der Waals surface area contributed by atoms with Crippen LogP contribution >= 0.6 is 0 Å². The summed E-state index contributed by atoms with van der Waals surface area (Å²) >= 11 is 0. The number of nitrogens with one attached hydrogen (secondary N) is 1. The Morgan fingerprint density at radius 1 is 1.30 bits per heavy atom. The summed E-state index contributed by atoms with van der Waals surface area (Å²) in [4.78, 5) is 22.5. The quantitative estimate of drug-likeness (QED) is 0.656. The number of hydrogen-bond acceptors (Lipinski definition) is 4.